The molecule has 0 bridgehead atoms. The van der Waals surface area contributed by atoms with Gasteiger partial charge in [0, 0.05) is 17.1 Å². The van der Waals surface area contributed by atoms with Gasteiger partial charge in [0.05, 0.1) is 0 Å². The average molecular weight is 355 g/mol. The number of hydrogen-bond acceptors (Lipinski definition) is 3. The van der Waals surface area contributed by atoms with Crippen LogP contribution in [0.2, 0.25) is 0 Å². The summed E-state index contributed by atoms with van der Waals surface area (Å²) in [5, 5.41) is 2.73. The molecule has 2 atom stereocenters. The highest BCUT2D eigenvalue weighted by molar-refractivity contribution is 9.10. The minimum absolute atomic E-state index is 0.0194. The van der Waals surface area contributed by atoms with Crippen LogP contribution < -0.4 is 15.8 Å². The quantitative estimate of drug-likeness (QED) is 0.740. The minimum Gasteiger partial charge on any atom is -0.480 e. The van der Waals surface area contributed by atoms with E-state index < -0.39 is 6.10 Å². The lowest BCUT2D eigenvalue weighted by Crippen LogP contribution is -2.36. The maximum atomic E-state index is 11.9. The summed E-state index contributed by atoms with van der Waals surface area (Å²) < 4.78 is 6.85. The van der Waals surface area contributed by atoms with Crippen molar-refractivity contribution in [2.75, 3.05) is 6.54 Å². The molecule has 21 heavy (non-hydrogen) atoms. The third-order valence-electron chi connectivity index (χ3n) is 2.94. The Labute approximate surface area is 134 Å². The number of hydrogen-bond donors (Lipinski definition) is 2. The van der Waals surface area contributed by atoms with Crippen molar-refractivity contribution in [1.29, 1.82) is 0 Å². The molecule has 116 valence electrons. The van der Waals surface area contributed by atoms with Crippen molar-refractivity contribution in [3.63, 3.8) is 0 Å². The van der Waals surface area contributed by atoms with Gasteiger partial charge in [0.2, 0.25) is 0 Å². The number of benzene rings is 1. The average Bonchev–Trinajstić information content (AvgIpc) is 2.38. The van der Waals surface area contributed by atoms with Crippen molar-refractivity contribution in [3.8, 4) is 5.75 Å². The molecule has 1 aromatic rings. The summed E-state index contributed by atoms with van der Waals surface area (Å²) in [6, 6.07) is 3.97. The van der Waals surface area contributed by atoms with Crippen LogP contribution >= 0.6 is 15.9 Å². The van der Waals surface area contributed by atoms with Crippen molar-refractivity contribution in [1.82, 2.24) is 5.32 Å². The summed E-state index contributed by atoms with van der Waals surface area (Å²) in [6.45, 7) is 9.63. The minimum atomic E-state index is -0.573. The van der Waals surface area contributed by atoms with Crippen molar-refractivity contribution in [3.05, 3.63) is 40.4 Å². The van der Waals surface area contributed by atoms with Gasteiger partial charge in [-0.1, -0.05) is 22.0 Å². The Balaban J connectivity index is 2.95. The van der Waals surface area contributed by atoms with Gasteiger partial charge >= 0.3 is 0 Å². The Kier molecular flexibility index (Phi) is 6.92. The van der Waals surface area contributed by atoms with Crippen molar-refractivity contribution in [2.24, 2.45) is 5.73 Å². The molecule has 2 unspecified atom stereocenters. The summed E-state index contributed by atoms with van der Waals surface area (Å²) in [4.78, 5) is 11.9. The highest BCUT2D eigenvalue weighted by Crippen LogP contribution is 2.29. The lowest BCUT2D eigenvalue weighted by Gasteiger charge is -2.20. The maximum absolute atomic E-state index is 11.9. The normalized spacial score (nSPS) is 13.4. The van der Waals surface area contributed by atoms with Gasteiger partial charge in [0.1, 0.15) is 5.75 Å². The summed E-state index contributed by atoms with van der Waals surface area (Å²) in [7, 11) is 0. The van der Waals surface area contributed by atoms with E-state index in [-0.39, 0.29) is 11.9 Å². The van der Waals surface area contributed by atoms with Crippen LogP contribution in [0.25, 0.3) is 0 Å². The summed E-state index contributed by atoms with van der Waals surface area (Å²) in [5.74, 6) is 0.570. The van der Waals surface area contributed by atoms with Gasteiger partial charge in [0.15, 0.2) is 6.10 Å². The van der Waals surface area contributed by atoms with Crippen molar-refractivity contribution < 1.29 is 9.53 Å². The van der Waals surface area contributed by atoms with Crippen LogP contribution in [-0.2, 0) is 11.2 Å². The molecule has 1 amide bonds. The molecule has 0 aromatic heterocycles. The van der Waals surface area contributed by atoms with E-state index in [4.69, 9.17) is 10.5 Å². The second-order valence-electron chi connectivity index (χ2n) is 5.19. The first-order valence-electron chi connectivity index (χ1n) is 6.95. The zero-order valence-corrected chi connectivity index (χ0v) is 14.4. The number of rotatable bonds is 7. The molecule has 0 radical (unpaired) electrons. The second kappa shape index (κ2) is 8.20. The molecular weight excluding hydrogens is 332 g/mol. The number of nitrogens with two attached hydrogens (primary N) is 1. The number of nitrogens with one attached hydrogen (secondary N) is 1. The SMILES string of the molecule is C=CCNC(=O)C(C)Oc1c(C)cc(Br)cc1CC(C)N. The molecule has 0 aliphatic carbocycles. The summed E-state index contributed by atoms with van der Waals surface area (Å²) >= 11 is 3.48. The predicted molar refractivity (Wildman–Crippen MR) is 89.5 cm³/mol. The van der Waals surface area contributed by atoms with Gasteiger partial charge in [-0.25, -0.2) is 0 Å². The third kappa shape index (κ3) is 5.52. The number of ether oxygens (including phenoxy) is 1. The van der Waals surface area contributed by atoms with Crippen LogP contribution in [0.15, 0.2) is 29.3 Å². The molecule has 1 aromatic carbocycles. The summed E-state index contributed by atoms with van der Waals surface area (Å²) in [5.41, 5.74) is 7.86. The fourth-order valence-corrected chi connectivity index (χ4v) is 2.63. The van der Waals surface area contributed by atoms with Gasteiger partial charge in [-0.3, -0.25) is 4.79 Å². The van der Waals surface area contributed by atoms with Gasteiger partial charge in [-0.2, -0.15) is 0 Å². The van der Waals surface area contributed by atoms with Gasteiger partial charge in [-0.15, -0.1) is 6.58 Å². The largest absolute Gasteiger partial charge is 0.480 e. The Morgan fingerprint density at radius 3 is 2.76 bits per heavy atom. The Morgan fingerprint density at radius 2 is 2.19 bits per heavy atom. The van der Waals surface area contributed by atoms with E-state index in [1.54, 1.807) is 13.0 Å². The molecular formula is C16H23BrN2O2. The van der Waals surface area contributed by atoms with E-state index in [1.807, 2.05) is 26.0 Å². The van der Waals surface area contributed by atoms with E-state index in [1.165, 1.54) is 0 Å². The topological polar surface area (TPSA) is 64.3 Å². The standard InChI is InChI=1S/C16H23BrN2O2/c1-5-6-19-16(20)12(4)21-15-10(2)7-14(17)9-13(15)8-11(3)18/h5,7,9,11-12H,1,6,8,18H2,2-4H3,(H,19,20). The lowest BCUT2D eigenvalue weighted by atomic mass is 10.0. The van der Waals surface area contributed by atoms with Crippen LogP contribution in [0, 0.1) is 6.92 Å². The van der Waals surface area contributed by atoms with E-state index in [0.717, 1.165) is 21.3 Å². The van der Waals surface area contributed by atoms with Gasteiger partial charge in [-0.05, 0) is 50.5 Å². The number of carbonyl (C=O) groups is 1. The van der Waals surface area contributed by atoms with Crippen molar-refractivity contribution >= 4 is 21.8 Å². The summed E-state index contributed by atoms with van der Waals surface area (Å²) in [6.07, 6.45) is 1.75. The van der Waals surface area contributed by atoms with E-state index in [9.17, 15) is 4.79 Å². The molecule has 3 N–H and O–H groups in total. The molecule has 0 aliphatic heterocycles. The van der Waals surface area contributed by atoms with Crippen molar-refractivity contribution in [2.45, 2.75) is 39.3 Å². The third-order valence-corrected chi connectivity index (χ3v) is 3.40. The van der Waals surface area contributed by atoms with E-state index in [2.05, 4.69) is 27.8 Å². The number of amides is 1. The molecule has 0 heterocycles. The molecule has 0 aliphatic rings. The van der Waals surface area contributed by atoms with Gasteiger partial charge in [0.25, 0.3) is 5.91 Å². The Hall–Kier alpha value is -1.33. The first kappa shape index (κ1) is 17.7. The predicted octanol–water partition coefficient (Wildman–Crippen LogP) is 2.72. The number of aryl methyl sites for hydroxylation is 1. The molecule has 1 rings (SSSR count). The zero-order valence-electron chi connectivity index (χ0n) is 12.8. The molecule has 4 nitrogen and oxygen atoms in total. The molecule has 5 heteroatoms. The van der Waals surface area contributed by atoms with Crippen LogP contribution in [-0.4, -0.2) is 24.6 Å². The Bertz CT molecular complexity index is 515. The monoisotopic (exact) mass is 354 g/mol. The molecule has 0 saturated heterocycles. The van der Waals surface area contributed by atoms with Gasteiger partial charge < -0.3 is 15.8 Å². The lowest BCUT2D eigenvalue weighted by molar-refractivity contribution is -0.127. The molecule has 0 spiro atoms. The zero-order chi connectivity index (χ0) is 16.0. The Morgan fingerprint density at radius 1 is 1.52 bits per heavy atom. The smallest absolute Gasteiger partial charge is 0.261 e. The fourth-order valence-electron chi connectivity index (χ4n) is 2.01. The van der Waals surface area contributed by atoms with Crippen LogP contribution in [0.4, 0.5) is 0 Å². The van der Waals surface area contributed by atoms with E-state index >= 15 is 0 Å². The maximum Gasteiger partial charge on any atom is 0.261 e. The molecule has 0 saturated carbocycles. The van der Waals surface area contributed by atoms with Crippen LogP contribution in [0.1, 0.15) is 25.0 Å². The second-order valence-corrected chi connectivity index (χ2v) is 6.10. The van der Waals surface area contributed by atoms with Crippen LogP contribution in [0.3, 0.4) is 0 Å². The van der Waals surface area contributed by atoms with E-state index in [0.29, 0.717) is 13.0 Å². The highest BCUT2D eigenvalue weighted by Gasteiger charge is 2.18. The molecule has 0 fully saturated rings. The number of halogens is 1. The van der Waals surface area contributed by atoms with Crippen LogP contribution in [0.5, 0.6) is 5.75 Å². The fraction of sp³-hybridized carbons (Fsp3) is 0.438. The first-order valence-corrected chi connectivity index (χ1v) is 7.74. The highest BCUT2D eigenvalue weighted by atomic mass is 79.9. The number of carbonyl (C=O) groups excluding carboxylic acids is 1. The first-order chi connectivity index (χ1) is 9.85.